The molecule has 0 saturated heterocycles. The molecule has 0 aromatic rings. The van der Waals surface area contributed by atoms with Crippen LogP contribution in [-0.4, -0.2) is 70.7 Å². The van der Waals surface area contributed by atoms with Gasteiger partial charge < -0.3 is 27.9 Å². The van der Waals surface area contributed by atoms with Gasteiger partial charge in [0, 0.05) is 13.0 Å². The Morgan fingerprint density at radius 3 is 1.57 bits per heavy atom. The first-order chi connectivity index (χ1) is 25.6. The van der Waals surface area contributed by atoms with Crippen molar-refractivity contribution in [1.82, 2.24) is 0 Å². The Morgan fingerprint density at radius 2 is 1.04 bits per heavy atom. The lowest BCUT2D eigenvalue weighted by Crippen LogP contribution is -2.37. The van der Waals surface area contributed by atoms with Crippen LogP contribution in [0.4, 0.5) is 0 Å². The molecule has 0 aliphatic heterocycles. The molecule has 8 nitrogen and oxygen atoms in total. The number of carbonyl (C=O) groups excluding carboxylic acids is 1. The van der Waals surface area contributed by atoms with Crippen LogP contribution in [0.25, 0.3) is 0 Å². The maximum absolute atomic E-state index is 12.6. The monoisotopic (exact) mass is 770 g/mol. The first kappa shape index (κ1) is 51.7. The molecule has 0 aliphatic rings. The number of unbranched alkanes of at least 4 members (excludes halogenated alkanes) is 20. The minimum Gasteiger partial charge on any atom is -0.756 e. The number of quaternary nitrogens is 1. The maximum Gasteiger partial charge on any atom is 0.306 e. The number of hydrogen-bond acceptors (Lipinski definition) is 7. The summed E-state index contributed by atoms with van der Waals surface area (Å²) >= 11 is 0. The van der Waals surface area contributed by atoms with Gasteiger partial charge in [0.1, 0.15) is 19.3 Å². The summed E-state index contributed by atoms with van der Waals surface area (Å²) in [5, 5.41) is 0. The summed E-state index contributed by atoms with van der Waals surface area (Å²) in [5.74, 6) is -0.347. The minimum absolute atomic E-state index is 0.0221. The first-order valence-electron chi connectivity index (χ1n) is 21.7. The standard InChI is InChI=1S/C44H84NO7P/c1-6-8-10-12-14-16-18-20-22-23-24-26-28-30-32-34-36-39-49-41-43(42-51-53(47,48)50-40-38-45(3,4)5)52-44(46)37-35-33-31-29-27-25-21-19-17-15-13-11-9-7-2/h16,18-19,21-23,43H,6-15,17,20,24-42H2,1-5H3/b18-16-,21-19-,23-22-. The van der Waals surface area contributed by atoms with Gasteiger partial charge in [-0.3, -0.25) is 9.36 Å². The zero-order chi connectivity index (χ0) is 39.1. The highest BCUT2D eigenvalue weighted by atomic mass is 31.2. The van der Waals surface area contributed by atoms with Crippen molar-refractivity contribution >= 4 is 13.8 Å². The van der Waals surface area contributed by atoms with Gasteiger partial charge >= 0.3 is 5.97 Å². The number of likely N-dealkylation sites (N-methyl/N-ethyl adjacent to an activating group) is 1. The number of nitrogens with zero attached hydrogens (tertiary/aromatic N) is 1. The van der Waals surface area contributed by atoms with Crippen LogP contribution in [0.2, 0.25) is 0 Å². The third-order valence-electron chi connectivity index (χ3n) is 9.16. The molecule has 2 unspecified atom stereocenters. The molecule has 0 spiro atoms. The highest BCUT2D eigenvalue weighted by molar-refractivity contribution is 7.45. The van der Waals surface area contributed by atoms with Gasteiger partial charge in [-0.05, 0) is 70.6 Å². The maximum atomic E-state index is 12.6. The molecule has 2 atom stereocenters. The predicted octanol–water partition coefficient (Wildman–Crippen LogP) is 12.0. The van der Waals surface area contributed by atoms with Crippen LogP contribution in [-0.2, 0) is 27.9 Å². The second-order valence-electron chi connectivity index (χ2n) is 15.7. The van der Waals surface area contributed by atoms with E-state index in [9.17, 15) is 14.3 Å². The molecule has 0 fully saturated rings. The van der Waals surface area contributed by atoms with Crippen molar-refractivity contribution in [2.75, 3.05) is 54.1 Å². The van der Waals surface area contributed by atoms with Crippen LogP contribution >= 0.6 is 7.82 Å². The summed E-state index contributed by atoms with van der Waals surface area (Å²) in [6, 6.07) is 0. The molecular weight excluding hydrogens is 685 g/mol. The molecule has 0 aliphatic carbocycles. The Bertz CT molecular complexity index is 947. The number of rotatable bonds is 40. The molecule has 312 valence electrons. The summed E-state index contributed by atoms with van der Waals surface area (Å²) < 4.78 is 34.5. The van der Waals surface area contributed by atoms with E-state index in [2.05, 4.69) is 50.3 Å². The molecule has 0 rings (SSSR count). The van der Waals surface area contributed by atoms with E-state index >= 15 is 0 Å². The summed E-state index contributed by atoms with van der Waals surface area (Å²) in [5.41, 5.74) is 0. The molecule has 0 aromatic carbocycles. The lowest BCUT2D eigenvalue weighted by atomic mass is 10.1. The van der Waals surface area contributed by atoms with Gasteiger partial charge in [-0.15, -0.1) is 0 Å². The van der Waals surface area contributed by atoms with Crippen molar-refractivity contribution in [2.24, 2.45) is 0 Å². The quantitative estimate of drug-likeness (QED) is 0.0201. The van der Waals surface area contributed by atoms with Gasteiger partial charge in [0.25, 0.3) is 7.82 Å². The summed E-state index contributed by atoms with van der Waals surface area (Å²) in [6.07, 6.45) is 42.9. The van der Waals surface area contributed by atoms with Gasteiger partial charge in [0.05, 0.1) is 34.4 Å². The largest absolute Gasteiger partial charge is 0.756 e. The molecule has 9 heteroatoms. The summed E-state index contributed by atoms with van der Waals surface area (Å²) in [7, 11) is 1.34. The van der Waals surface area contributed by atoms with E-state index in [1.807, 2.05) is 21.1 Å². The van der Waals surface area contributed by atoms with Crippen LogP contribution < -0.4 is 4.89 Å². The first-order valence-corrected chi connectivity index (χ1v) is 23.2. The van der Waals surface area contributed by atoms with Crippen LogP contribution in [0.15, 0.2) is 36.5 Å². The lowest BCUT2D eigenvalue weighted by molar-refractivity contribution is -0.870. The minimum atomic E-state index is -4.53. The number of carbonyl (C=O) groups is 1. The second kappa shape index (κ2) is 37.6. The molecule has 0 bridgehead atoms. The molecule has 0 aromatic heterocycles. The summed E-state index contributed by atoms with van der Waals surface area (Å²) in [6.45, 7) is 5.35. The fraction of sp³-hybridized carbons (Fsp3) is 0.841. The molecule has 0 saturated carbocycles. The molecule has 0 amide bonds. The number of hydrogen-bond donors (Lipinski definition) is 0. The third-order valence-corrected chi connectivity index (χ3v) is 10.1. The normalized spacial score (nSPS) is 14.2. The van der Waals surface area contributed by atoms with E-state index in [0.29, 0.717) is 24.1 Å². The zero-order valence-electron chi connectivity index (χ0n) is 35.2. The van der Waals surface area contributed by atoms with Gasteiger partial charge in [-0.2, -0.15) is 0 Å². The zero-order valence-corrected chi connectivity index (χ0v) is 36.1. The van der Waals surface area contributed by atoms with E-state index in [-0.39, 0.29) is 25.8 Å². The average Bonchev–Trinajstić information content (AvgIpc) is 3.11. The van der Waals surface area contributed by atoms with Crippen LogP contribution in [0.1, 0.15) is 181 Å². The van der Waals surface area contributed by atoms with Crippen molar-refractivity contribution < 1.29 is 37.3 Å². The fourth-order valence-electron chi connectivity index (χ4n) is 5.75. The number of phosphoric ester groups is 1. The van der Waals surface area contributed by atoms with Crippen LogP contribution in [0.3, 0.4) is 0 Å². The molecular formula is C44H84NO7P. The van der Waals surface area contributed by atoms with E-state index in [1.54, 1.807) is 0 Å². The second-order valence-corrected chi connectivity index (χ2v) is 17.1. The van der Waals surface area contributed by atoms with E-state index in [1.165, 1.54) is 96.3 Å². The third kappa shape index (κ3) is 41.7. The topological polar surface area (TPSA) is 94.1 Å². The van der Waals surface area contributed by atoms with Gasteiger partial charge in [-0.1, -0.05) is 140 Å². The highest BCUT2D eigenvalue weighted by Crippen LogP contribution is 2.38. The predicted molar refractivity (Wildman–Crippen MR) is 222 cm³/mol. The van der Waals surface area contributed by atoms with Crippen molar-refractivity contribution in [1.29, 1.82) is 0 Å². The average molecular weight is 770 g/mol. The van der Waals surface area contributed by atoms with Gasteiger partial charge in [0.2, 0.25) is 0 Å². The number of phosphoric acid groups is 1. The number of allylic oxidation sites excluding steroid dienone is 6. The van der Waals surface area contributed by atoms with Crippen LogP contribution in [0.5, 0.6) is 0 Å². The van der Waals surface area contributed by atoms with E-state index < -0.39 is 13.9 Å². The van der Waals surface area contributed by atoms with Crippen LogP contribution in [0, 0.1) is 0 Å². The Hall–Kier alpha value is -1.28. The number of esters is 1. The lowest BCUT2D eigenvalue weighted by Gasteiger charge is -2.28. The van der Waals surface area contributed by atoms with Gasteiger partial charge in [-0.25, -0.2) is 0 Å². The highest BCUT2D eigenvalue weighted by Gasteiger charge is 2.20. The molecule has 0 N–H and O–H groups in total. The van der Waals surface area contributed by atoms with E-state index in [0.717, 1.165) is 64.2 Å². The molecule has 53 heavy (non-hydrogen) atoms. The number of ether oxygens (including phenoxy) is 2. The van der Waals surface area contributed by atoms with Crippen molar-refractivity contribution in [3.63, 3.8) is 0 Å². The van der Waals surface area contributed by atoms with Crippen molar-refractivity contribution in [3.8, 4) is 0 Å². The van der Waals surface area contributed by atoms with Gasteiger partial charge in [0.15, 0.2) is 0 Å². The van der Waals surface area contributed by atoms with Crippen molar-refractivity contribution in [2.45, 2.75) is 187 Å². The Balaban J connectivity index is 4.27. The SMILES string of the molecule is CCCCCC/C=C\C/C=C\CCCCCCCCOCC(COP(=O)([O-])OCC[N+](C)(C)C)OC(=O)CCCCCCC/C=C\CCCCCCC. The van der Waals surface area contributed by atoms with E-state index in [4.69, 9.17) is 18.5 Å². The van der Waals surface area contributed by atoms with Crippen molar-refractivity contribution in [3.05, 3.63) is 36.5 Å². The smallest absolute Gasteiger partial charge is 0.306 e. The Kier molecular flexibility index (Phi) is 36.7. The molecule has 0 radical (unpaired) electrons. The Morgan fingerprint density at radius 1 is 0.585 bits per heavy atom. The fourth-order valence-corrected chi connectivity index (χ4v) is 6.47. The Labute approximate surface area is 327 Å². The molecule has 0 heterocycles. The summed E-state index contributed by atoms with van der Waals surface area (Å²) in [4.78, 5) is 25.0.